The molecule has 0 aromatic heterocycles. The Hall–Kier alpha value is -1.09. The van der Waals surface area contributed by atoms with Gasteiger partial charge in [-0.3, -0.25) is 0 Å². The summed E-state index contributed by atoms with van der Waals surface area (Å²) in [5.74, 6) is 2.97. The summed E-state index contributed by atoms with van der Waals surface area (Å²) in [6, 6.07) is 8.93. The number of para-hydroxylation sites is 1. The zero-order valence-corrected chi connectivity index (χ0v) is 16.5. The minimum atomic E-state index is 0.502. The number of hydrogen-bond acceptors (Lipinski definition) is 1. The summed E-state index contributed by atoms with van der Waals surface area (Å²) in [6.45, 7) is 4.45. The lowest BCUT2D eigenvalue weighted by Crippen LogP contribution is -2.57. The zero-order chi connectivity index (χ0) is 17.4. The van der Waals surface area contributed by atoms with E-state index in [0.717, 1.165) is 28.6 Å². The minimum Gasteiger partial charge on any atom is -0.359 e. The summed E-state index contributed by atoms with van der Waals surface area (Å²) in [7, 11) is 0. The molecule has 3 heteroatoms. The SMILES string of the molecule is CCCC(NC(=S)Nc1ccccc1C)C12CC3CC(CC(C3)C1)C2. The molecule has 0 aliphatic heterocycles. The Kier molecular flexibility index (Phi) is 4.79. The summed E-state index contributed by atoms with van der Waals surface area (Å²) >= 11 is 5.72. The van der Waals surface area contributed by atoms with Crippen LogP contribution in [0.15, 0.2) is 24.3 Å². The normalized spacial score (nSPS) is 33.9. The van der Waals surface area contributed by atoms with Gasteiger partial charge in [-0.15, -0.1) is 0 Å². The van der Waals surface area contributed by atoms with Crippen molar-refractivity contribution >= 4 is 23.0 Å². The lowest BCUT2D eigenvalue weighted by atomic mass is 9.47. The summed E-state index contributed by atoms with van der Waals surface area (Å²) in [6.07, 6.45) is 11.3. The van der Waals surface area contributed by atoms with Crippen LogP contribution in [0.25, 0.3) is 0 Å². The van der Waals surface area contributed by atoms with Gasteiger partial charge in [-0.25, -0.2) is 0 Å². The number of benzene rings is 1. The topological polar surface area (TPSA) is 24.1 Å². The van der Waals surface area contributed by atoms with Crippen molar-refractivity contribution < 1.29 is 0 Å². The van der Waals surface area contributed by atoms with Gasteiger partial charge in [0.1, 0.15) is 0 Å². The molecule has 136 valence electrons. The molecule has 2 nitrogen and oxygen atoms in total. The average Bonchev–Trinajstić information content (AvgIpc) is 2.55. The number of aryl methyl sites for hydroxylation is 1. The van der Waals surface area contributed by atoms with Crippen LogP contribution < -0.4 is 10.6 Å². The number of anilines is 1. The lowest BCUT2D eigenvalue weighted by molar-refractivity contribution is -0.0718. The van der Waals surface area contributed by atoms with Gasteiger partial charge in [0, 0.05) is 11.7 Å². The molecule has 4 aliphatic rings. The molecule has 25 heavy (non-hydrogen) atoms. The van der Waals surface area contributed by atoms with Crippen LogP contribution in [0.1, 0.15) is 63.9 Å². The van der Waals surface area contributed by atoms with E-state index in [9.17, 15) is 0 Å². The van der Waals surface area contributed by atoms with Crippen molar-refractivity contribution in [3.8, 4) is 0 Å². The van der Waals surface area contributed by atoms with Gasteiger partial charge in [-0.05, 0) is 98.9 Å². The molecule has 0 spiro atoms. The molecule has 4 bridgehead atoms. The molecule has 4 saturated carbocycles. The molecule has 1 unspecified atom stereocenters. The molecular formula is C22H32N2S. The standard InChI is InChI=1S/C22H32N2S/c1-3-6-20(24-21(25)23-19-8-5-4-7-15(19)2)22-12-16-9-17(13-22)11-18(10-16)14-22/h4-5,7-8,16-18,20H,3,6,9-14H2,1-2H3,(H2,23,24,25). The van der Waals surface area contributed by atoms with Crippen molar-refractivity contribution in [3.63, 3.8) is 0 Å². The Labute approximate surface area is 158 Å². The van der Waals surface area contributed by atoms with Crippen LogP contribution in [0.5, 0.6) is 0 Å². The molecule has 0 radical (unpaired) electrons. The Morgan fingerprint density at radius 3 is 2.28 bits per heavy atom. The summed E-state index contributed by atoms with van der Waals surface area (Å²) in [4.78, 5) is 0. The summed E-state index contributed by atoms with van der Waals surface area (Å²) in [5.41, 5.74) is 2.87. The quantitative estimate of drug-likeness (QED) is 0.665. The van der Waals surface area contributed by atoms with Crippen LogP contribution in [0.4, 0.5) is 5.69 Å². The first-order chi connectivity index (χ1) is 12.1. The van der Waals surface area contributed by atoms with Crippen molar-refractivity contribution in [2.24, 2.45) is 23.2 Å². The van der Waals surface area contributed by atoms with E-state index < -0.39 is 0 Å². The Morgan fingerprint density at radius 1 is 1.12 bits per heavy atom. The van der Waals surface area contributed by atoms with Crippen molar-refractivity contribution in [2.75, 3.05) is 5.32 Å². The highest BCUT2D eigenvalue weighted by molar-refractivity contribution is 7.80. The Morgan fingerprint density at radius 2 is 1.72 bits per heavy atom. The van der Waals surface area contributed by atoms with Gasteiger partial charge in [0.2, 0.25) is 0 Å². The second kappa shape index (κ2) is 6.90. The van der Waals surface area contributed by atoms with Gasteiger partial charge in [0.05, 0.1) is 0 Å². The fraction of sp³-hybridized carbons (Fsp3) is 0.682. The van der Waals surface area contributed by atoms with E-state index in [-0.39, 0.29) is 0 Å². The molecule has 5 rings (SSSR count). The Bertz CT molecular complexity index is 603. The Balaban J connectivity index is 1.48. The highest BCUT2D eigenvalue weighted by atomic mass is 32.1. The number of hydrogen-bond donors (Lipinski definition) is 2. The lowest BCUT2D eigenvalue weighted by Gasteiger charge is -2.59. The molecule has 4 aliphatic carbocycles. The third kappa shape index (κ3) is 3.45. The highest BCUT2D eigenvalue weighted by Crippen LogP contribution is 2.61. The van der Waals surface area contributed by atoms with E-state index in [1.54, 1.807) is 0 Å². The third-order valence-electron chi connectivity index (χ3n) is 7.10. The predicted molar refractivity (Wildman–Crippen MR) is 110 cm³/mol. The summed E-state index contributed by atoms with van der Waals surface area (Å²) in [5, 5.41) is 8.03. The summed E-state index contributed by atoms with van der Waals surface area (Å²) < 4.78 is 0. The first-order valence-corrected chi connectivity index (χ1v) is 10.6. The second-order valence-electron chi connectivity index (χ2n) is 9.03. The van der Waals surface area contributed by atoms with Crippen LogP contribution >= 0.6 is 12.2 Å². The molecule has 0 amide bonds. The smallest absolute Gasteiger partial charge is 0.171 e. The molecule has 2 N–H and O–H groups in total. The van der Waals surface area contributed by atoms with Crippen LogP contribution in [-0.4, -0.2) is 11.2 Å². The van der Waals surface area contributed by atoms with Crippen molar-refractivity contribution in [1.82, 2.24) is 5.32 Å². The van der Waals surface area contributed by atoms with Crippen LogP contribution in [0.3, 0.4) is 0 Å². The maximum atomic E-state index is 5.72. The molecule has 1 atom stereocenters. The maximum Gasteiger partial charge on any atom is 0.171 e. The number of rotatable bonds is 5. The fourth-order valence-corrected chi connectivity index (χ4v) is 6.71. The molecule has 1 aromatic rings. The van der Waals surface area contributed by atoms with Gasteiger partial charge >= 0.3 is 0 Å². The van der Waals surface area contributed by atoms with Gasteiger partial charge in [0.15, 0.2) is 5.11 Å². The first-order valence-electron chi connectivity index (χ1n) is 10.2. The van der Waals surface area contributed by atoms with E-state index in [2.05, 4.69) is 48.7 Å². The maximum absolute atomic E-state index is 5.72. The van der Waals surface area contributed by atoms with E-state index in [1.807, 2.05) is 0 Å². The number of nitrogens with one attached hydrogen (secondary N) is 2. The van der Waals surface area contributed by atoms with Gasteiger partial charge in [-0.2, -0.15) is 0 Å². The van der Waals surface area contributed by atoms with Crippen LogP contribution in [0, 0.1) is 30.1 Å². The fourth-order valence-electron chi connectivity index (χ4n) is 6.45. The van der Waals surface area contributed by atoms with Gasteiger partial charge in [-0.1, -0.05) is 31.5 Å². The third-order valence-corrected chi connectivity index (χ3v) is 7.32. The van der Waals surface area contributed by atoms with Crippen molar-refractivity contribution in [2.45, 2.75) is 71.3 Å². The van der Waals surface area contributed by atoms with Crippen molar-refractivity contribution in [3.05, 3.63) is 29.8 Å². The number of thiocarbonyl (C=S) groups is 1. The van der Waals surface area contributed by atoms with Gasteiger partial charge < -0.3 is 10.6 Å². The monoisotopic (exact) mass is 356 g/mol. The van der Waals surface area contributed by atoms with E-state index in [1.165, 1.54) is 56.9 Å². The zero-order valence-electron chi connectivity index (χ0n) is 15.7. The van der Waals surface area contributed by atoms with Crippen LogP contribution in [-0.2, 0) is 0 Å². The molecule has 1 aromatic carbocycles. The van der Waals surface area contributed by atoms with E-state index in [4.69, 9.17) is 12.2 Å². The van der Waals surface area contributed by atoms with E-state index in [0.29, 0.717) is 11.5 Å². The largest absolute Gasteiger partial charge is 0.359 e. The molecule has 4 fully saturated rings. The molecule has 0 saturated heterocycles. The van der Waals surface area contributed by atoms with Crippen molar-refractivity contribution in [1.29, 1.82) is 0 Å². The van der Waals surface area contributed by atoms with Gasteiger partial charge in [0.25, 0.3) is 0 Å². The molecule has 0 heterocycles. The van der Waals surface area contributed by atoms with Crippen LogP contribution in [0.2, 0.25) is 0 Å². The second-order valence-corrected chi connectivity index (χ2v) is 9.44. The first kappa shape index (κ1) is 17.3. The minimum absolute atomic E-state index is 0.502. The predicted octanol–water partition coefficient (Wildman–Crippen LogP) is 5.67. The van der Waals surface area contributed by atoms with E-state index >= 15 is 0 Å². The molecular weight excluding hydrogens is 324 g/mol. The highest BCUT2D eigenvalue weighted by Gasteiger charge is 2.54. The average molecular weight is 357 g/mol.